The van der Waals surface area contributed by atoms with E-state index < -0.39 is 6.10 Å². The van der Waals surface area contributed by atoms with Crippen molar-refractivity contribution >= 4 is 5.69 Å². The topological polar surface area (TPSA) is 75.4 Å². The van der Waals surface area contributed by atoms with Crippen molar-refractivity contribution in [3.8, 4) is 0 Å². The number of benzene rings is 1. The number of rotatable bonds is 5. The Hall–Kier alpha value is -1.46. The number of nitro benzene ring substituents is 1. The summed E-state index contributed by atoms with van der Waals surface area (Å²) in [4.78, 5) is 10.6. The van der Waals surface area contributed by atoms with E-state index in [1.165, 1.54) is 6.07 Å². The largest absolute Gasteiger partial charge is 0.391 e. The lowest BCUT2D eigenvalue weighted by molar-refractivity contribution is -0.385. The second-order valence-electron chi connectivity index (χ2n) is 6.26. The normalized spacial score (nSPS) is 14.9. The van der Waals surface area contributed by atoms with E-state index in [0.717, 1.165) is 5.56 Å². The number of nitro groups is 1. The smallest absolute Gasteiger partial charge is 0.272 e. The molecule has 0 radical (unpaired) electrons. The minimum atomic E-state index is -0.469. The van der Waals surface area contributed by atoms with E-state index in [-0.39, 0.29) is 22.1 Å². The van der Waals surface area contributed by atoms with Crippen molar-refractivity contribution in [1.82, 2.24) is 5.32 Å². The number of hydrogen-bond acceptors (Lipinski definition) is 4. The van der Waals surface area contributed by atoms with Crippen molar-refractivity contribution in [2.24, 2.45) is 5.41 Å². The lowest BCUT2D eigenvalue weighted by Gasteiger charge is -2.27. The van der Waals surface area contributed by atoms with Crippen LogP contribution in [-0.4, -0.2) is 22.7 Å². The van der Waals surface area contributed by atoms with Crippen LogP contribution in [-0.2, 0) is 0 Å². The molecule has 0 bridgehead atoms. The summed E-state index contributed by atoms with van der Waals surface area (Å²) in [5.74, 6) is 0. The molecule has 2 N–H and O–H groups in total. The molecule has 5 heteroatoms. The molecule has 112 valence electrons. The van der Waals surface area contributed by atoms with Crippen LogP contribution in [0, 0.1) is 22.5 Å². The Morgan fingerprint density at radius 1 is 1.40 bits per heavy atom. The van der Waals surface area contributed by atoms with E-state index in [1.54, 1.807) is 13.0 Å². The lowest BCUT2D eigenvalue weighted by atomic mass is 9.89. The van der Waals surface area contributed by atoms with Gasteiger partial charge in [-0.3, -0.25) is 10.1 Å². The van der Waals surface area contributed by atoms with Gasteiger partial charge < -0.3 is 10.4 Å². The molecule has 0 spiro atoms. The first-order valence-electron chi connectivity index (χ1n) is 6.80. The van der Waals surface area contributed by atoms with Gasteiger partial charge in [-0.15, -0.1) is 0 Å². The third-order valence-corrected chi connectivity index (χ3v) is 3.63. The van der Waals surface area contributed by atoms with Crippen LogP contribution in [0.25, 0.3) is 0 Å². The molecule has 5 nitrogen and oxygen atoms in total. The van der Waals surface area contributed by atoms with Gasteiger partial charge in [0.25, 0.3) is 5.69 Å². The quantitative estimate of drug-likeness (QED) is 0.642. The van der Waals surface area contributed by atoms with Gasteiger partial charge in [0.05, 0.1) is 11.0 Å². The summed E-state index contributed by atoms with van der Waals surface area (Å²) in [5.41, 5.74) is 1.50. The first-order valence-corrected chi connectivity index (χ1v) is 6.80. The predicted octanol–water partition coefficient (Wildman–Crippen LogP) is 2.96. The molecule has 0 amide bonds. The summed E-state index contributed by atoms with van der Waals surface area (Å²) in [6, 6.07) is 5.03. The van der Waals surface area contributed by atoms with Gasteiger partial charge in [0, 0.05) is 24.2 Å². The third-order valence-electron chi connectivity index (χ3n) is 3.63. The van der Waals surface area contributed by atoms with Crippen molar-refractivity contribution in [2.75, 3.05) is 6.54 Å². The number of nitrogens with zero attached hydrogens (tertiary/aromatic N) is 1. The molecule has 1 aromatic rings. The fourth-order valence-electron chi connectivity index (χ4n) is 2.01. The first-order chi connectivity index (χ1) is 9.14. The standard InChI is InChI=1S/C15H24N2O3/c1-10-12(7-6-8-13(10)17(19)20)11(2)16-9-14(18)15(3,4)5/h6-8,11,14,16,18H,9H2,1-5H3. The summed E-state index contributed by atoms with van der Waals surface area (Å²) < 4.78 is 0. The maximum Gasteiger partial charge on any atom is 0.272 e. The molecule has 1 rings (SSSR count). The average molecular weight is 280 g/mol. The number of hydrogen-bond donors (Lipinski definition) is 2. The highest BCUT2D eigenvalue weighted by Crippen LogP contribution is 2.26. The minimum Gasteiger partial charge on any atom is -0.391 e. The van der Waals surface area contributed by atoms with Crippen molar-refractivity contribution in [1.29, 1.82) is 0 Å². The Kier molecular flexibility index (Phi) is 5.25. The summed E-state index contributed by atoms with van der Waals surface area (Å²) in [6.07, 6.45) is -0.469. The van der Waals surface area contributed by atoms with E-state index in [2.05, 4.69) is 5.32 Å². The van der Waals surface area contributed by atoms with Gasteiger partial charge in [0.2, 0.25) is 0 Å². The van der Waals surface area contributed by atoms with Crippen LogP contribution in [0.3, 0.4) is 0 Å². The maximum absolute atomic E-state index is 10.9. The van der Waals surface area contributed by atoms with Gasteiger partial charge in [0.1, 0.15) is 0 Å². The molecular weight excluding hydrogens is 256 g/mol. The molecule has 1 aromatic carbocycles. The summed E-state index contributed by atoms with van der Waals surface area (Å²) in [7, 11) is 0. The zero-order chi connectivity index (χ0) is 15.5. The van der Waals surface area contributed by atoms with Gasteiger partial charge >= 0.3 is 0 Å². The van der Waals surface area contributed by atoms with Gasteiger partial charge in [-0.2, -0.15) is 0 Å². The highest BCUT2D eigenvalue weighted by atomic mass is 16.6. The van der Waals surface area contributed by atoms with Crippen LogP contribution in [0.5, 0.6) is 0 Å². The van der Waals surface area contributed by atoms with E-state index in [4.69, 9.17) is 0 Å². The molecule has 2 unspecified atom stereocenters. The van der Waals surface area contributed by atoms with Crippen LogP contribution in [0.2, 0.25) is 0 Å². The second kappa shape index (κ2) is 6.33. The zero-order valence-corrected chi connectivity index (χ0v) is 12.8. The van der Waals surface area contributed by atoms with Crippen molar-refractivity contribution in [2.45, 2.75) is 46.8 Å². The fourth-order valence-corrected chi connectivity index (χ4v) is 2.01. The van der Waals surface area contributed by atoms with E-state index in [1.807, 2.05) is 33.8 Å². The van der Waals surface area contributed by atoms with Crippen LogP contribution in [0.15, 0.2) is 18.2 Å². The summed E-state index contributed by atoms with van der Waals surface area (Å²) in [6.45, 7) is 10.1. The number of aliphatic hydroxyl groups is 1. The van der Waals surface area contributed by atoms with Crippen molar-refractivity contribution < 1.29 is 10.0 Å². The molecule has 0 aliphatic heterocycles. The van der Waals surface area contributed by atoms with Gasteiger partial charge in [-0.1, -0.05) is 32.9 Å². The number of aliphatic hydroxyl groups excluding tert-OH is 1. The monoisotopic (exact) mass is 280 g/mol. The predicted molar refractivity (Wildman–Crippen MR) is 79.7 cm³/mol. The van der Waals surface area contributed by atoms with Crippen molar-refractivity contribution in [3.63, 3.8) is 0 Å². The fraction of sp³-hybridized carbons (Fsp3) is 0.600. The molecule has 0 saturated heterocycles. The molecule has 0 aliphatic rings. The van der Waals surface area contributed by atoms with Gasteiger partial charge in [-0.25, -0.2) is 0 Å². The minimum absolute atomic E-state index is 0.0492. The SMILES string of the molecule is Cc1c(C(C)NCC(O)C(C)(C)C)cccc1[N+](=O)[O-]. The Labute approximate surface area is 120 Å². The Morgan fingerprint density at radius 3 is 2.50 bits per heavy atom. The lowest BCUT2D eigenvalue weighted by Crippen LogP contribution is -2.37. The highest BCUT2D eigenvalue weighted by molar-refractivity contribution is 5.45. The van der Waals surface area contributed by atoms with E-state index in [9.17, 15) is 15.2 Å². The summed E-state index contributed by atoms with van der Waals surface area (Å²) >= 11 is 0. The zero-order valence-electron chi connectivity index (χ0n) is 12.8. The third kappa shape index (κ3) is 4.02. The highest BCUT2D eigenvalue weighted by Gasteiger charge is 2.23. The first kappa shape index (κ1) is 16.6. The Bertz CT molecular complexity index is 480. The summed E-state index contributed by atoms with van der Waals surface area (Å²) in [5, 5.41) is 24.2. The molecule has 0 heterocycles. The van der Waals surface area contributed by atoms with Crippen LogP contribution < -0.4 is 5.32 Å². The van der Waals surface area contributed by atoms with Crippen molar-refractivity contribution in [3.05, 3.63) is 39.4 Å². The molecule has 2 atom stereocenters. The van der Waals surface area contributed by atoms with E-state index in [0.29, 0.717) is 12.1 Å². The molecular formula is C15H24N2O3. The molecule has 0 aromatic heterocycles. The number of nitrogens with one attached hydrogen (secondary N) is 1. The van der Waals surface area contributed by atoms with Crippen LogP contribution >= 0.6 is 0 Å². The second-order valence-corrected chi connectivity index (χ2v) is 6.26. The van der Waals surface area contributed by atoms with E-state index >= 15 is 0 Å². The Balaban J connectivity index is 2.81. The van der Waals surface area contributed by atoms with Crippen LogP contribution in [0.4, 0.5) is 5.69 Å². The van der Waals surface area contributed by atoms with Gasteiger partial charge in [-0.05, 0) is 24.8 Å². The Morgan fingerprint density at radius 2 is 2.00 bits per heavy atom. The average Bonchev–Trinajstić information content (AvgIpc) is 2.34. The molecule has 0 saturated carbocycles. The molecule has 0 fully saturated rings. The molecule has 0 aliphatic carbocycles. The maximum atomic E-state index is 10.9. The van der Waals surface area contributed by atoms with Crippen LogP contribution in [0.1, 0.15) is 44.9 Å². The van der Waals surface area contributed by atoms with Gasteiger partial charge in [0.15, 0.2) is 0 Å². The molecule has 20 heavy (non-hydrogen) atoms.